The smallest absolute Gasteiger partial charge is 0.00695 e. The molecular formula is C17H35N. The van der Waals surface area contributed by atoms with Crippen molar-refractivity contribution in [2.45, 2.75) is 96.9 Å². The Morgan fingerprint density at radius 1 is 0.944 bits per heavy atom. The summed E-state index contributed by atoms with van der Waals surface area (Å²) in [4.78, 5) is 0. The molecule has 1 aliphatic rings. The standard InChI is InChI=1S/C17H35N/c1-3-5-6-7-8-9-14-17(18-4-2)15-16-12-10-11-13-16/h16-18H,3-15H2,1-2H3. The summed E-state index contributed by atoms with van der Waals surface area (Å²) < 4.78 is 0. The molecule has 1 fully saturated rings. The summed E-state index contributed by atoms with van der Waals surface area (Å²) in [6.45, 7) is 5.69. The predicted octanol–water partition coefficient (Wildman–Crippen LogP) is 5.30. The molecule has 1 saturated carbocycles. The van der Waals surface area contributed by atoms with Crippen LogP contribution in [-0.4, -0.2) is 12.6 Å². The predicted molar refractivity (Wildman–Crippen MR) is 82.0 cm³/mol. The van der Waals surface area contributed by atoms with Crippen molar-refractivity contribution in [1.29, 1.82) is 0 Å². The Labute approximate surface area is 115 Å². The maximum absolute atomic E-state index is 3.71. The molecule has 0 aromatic heterocycles. The van der Waals surface area contributed by atoms with E-state index in [-0.39, 0.29) is 0 Å². The second-order valence-corrected chi connectivity index (χ2v) is 6.20. The van der Waals surface area contributed by atoms with Gasteiger partial charge in [-0.2, -0.15) is 0 Å². The molecule has 18 heavy (non-hydrogen) atoms. The van der Waals surface area contributed by atoms with Crippen molar-refractivity contribution in [3.63, 3.8) is 0 Å². The number of rotatable bonds is 11. The van der Waals surface area contributed by atoms with E-state index < -0.39 is 0 Å². The first-order valence-electron chi connectivity index (χ1n) is 8.60. The molecule has 0 bridgehead atoms. The van der Waals surface area contributed by atoms with E-state index >= 15 is 0 Å². The quantitative estimate of drug-likeness (QED) is 0.493. The Kier molecular flexibility index (Phi) is 9.65. The summed E-state index contributed by atoms with van der Waals surface area (Å²) in [5.74, 6) is 1.04. The minimum absolute atomic E-state index is 0.810. The van der Waals surface area contributed by atoms with E-state index in [9.17, 15) is 0 Å². The third kappa shape index (κ3) is 7.41. The van der Waals surface area contributed by atoms with Gasteiger partial charge in [0.05, 0.1) is 0 Å². The van der Waals surface area contributed by atoms with Crippen LogP contribution >= 0.6 is 0 Å². The van der Waals surface area contributed by atoms with Gasteiger partial charge in [-0.25, -0.2) is 0 Å². The van der Waals surface area contributed by atoms with Crippen LogP contribution in [0.25, 0.3) is 0 Å². The summed E-state index contributed by atoms with van der Waals surface area (Å²) in [7, 11) is 0. The molecule has 1 aliphatic carbocycles. The SMILES string of the molecule is CCCCCCCCC(CC1CCCC1)NCC. The van der Waals surface area contributed by atoms with Crippen molar-refractivity contribution < 1.29 is 0 Å². The Bertz CT molecular complexity index is 172. The Balaban J connectivity index is 2.05. The summed E-state index contributed by atoms with van der Waals surface area (Å²) in [6, 6.07) is 0.810. The number of hydrogen-bond donors (Lipinski definition) is 1. The van der Waals surface area contributed by atoms with Crippen LogP contribution in [0.15, 0.2) is 0 Å². The van der Waals surface area contributed by atoms with Crippen molar-refractivity contribution in [2.24, 2.45) is 5.92 Å². The fourth-order valence-electron chi connectivity index (χ4n) is 3.41. The molecule has 0 spiro atoms. The van der Waals surface area contributed by atoms with E-state index in [2.05, 4.69) is 19.2 Å². The van der Waals surface area contributed by atoms with Crippen molar-refractivity contribution in [2.75, 3.05) is 6.54 Å². The fourth-order valence-corrected chi connectivity index (χ4v) is 3.41. The highest BCUT2D eigenvalue weighted by atomic mass is 14.9. The van der Waals surface area contributed by atoms with Gasteiger partial charge in [0.2, 0.25) is 0 Å². The van der Waals surface area contributed by atoms with E-state index in [0.29, 0.717) is 0 Å². The Morgan fingerprint density at radius 3 is 2.28 bits per heavy atom. The second-order valence-electron chi connectivity index (χ2n) is 6.20. The lowest BCUT2D eigenvalue weighted by atomic mass is 9.94. The molecule has 1 heteroatoms. The van der Waals surface area contributed by atoms with Crippen LogP contribution < -0.4 is 5.32 Å². The highest BCUT2D eigenvalue weighted by Crippen LogP contribution is 2.29. The summed E-state index contributed by atoms with van der Waals surface area (Å²) in [6.07, 6.45) is 17.4. The van der Waals surface area contributed by atoms with Gasteiger partial charge in [0.1, 0.15) is 0 Å². The molecule has 1 N–H and O–H groups in total. The Morgan fingerprint density at radius 2 is 1.61 bits per heavy atom. The maximum atomic E-state index is 3.71. The topological polar surface area (TPSA) is 12.0 Å². The molecule has 0 saturated heterocycles. The molecule has 0 amide bonds. The largest absolute Gasteiger partial charge is 0.314 e. The molecular weight excluding hydrogens is 218 g/mol. The van der Waals surface area contributed by atoms with Crippen LogP contribution in [-0.2, 0) is 0 Å². The van der Waals surface area contributed by atoms with Crippen molar-refractivity contribution >= 4 is 0 Å². The van der Waals surface area contributed by atoms with E-state index in [1.807, 2.05) is 0 Å². The van der Waals surface area contributed by atoms with Crippen molar-refractivity contribution in [3.8, 4) is 0 Å². The highest BCUT2D eigenvalue weighted by molar-refractivity contribution is 4.75. The molecule has 108 valence electrons. The summed E-state index contributed by atoms with van der Waals surface area (Å²) in [5.41, 5.74) is 0. The third-order valence-electron chi connectivity index (χ3n) is 4.49. The van der Waals surface area contributed by atoms with E-state index in [1.165, 1.54) is 77.0 Å². The van der Waals surface area contributed by atoms with Crippen LogP contribution in [0, 0.1) is 5.92 Å². The molecule has 1 nitrogen and oxygen atoms in total. The number of unbranched alkanes of at least 4 members (excludes halogenated alkanes) is 5. The molecule has 0 heterocycles. The minimum atomic E-state index is 0.810. The number of hydrogen-bond acceptors (Lipinski definition) is 1. The van der Waals surface area contributed by atoms with Crippen LogP contribution in [0.4, 0.5) is 0 Å². The van der Waals surface area contributed by atoms with Gasteiger partial charge < -0.3 is 5.32 Å². The lowest BCUT2D eigenvalue weighted by molar-refractivity contribution is 0.365. The summed E-state index contributed by atoms with van der Waals surface area (Å²) >= 11 is 0. The van der Waals surface area contributed by atoms with Crippen LogP contribution in [0.3, 0.4) is 0 Å². The molecule has 0 radical (unpaired) electrons. The van der Waals surface area contributed by atoms with Gasteiger partial charge in [0.25, 0.3) is 0 Å². The van der Waals surface area contributed by atoms with Crippen molar-refractivity contribution in [3.05, 3.63) is 0 Å². The second kappa shape index (κ2) is 10.8. The van der Waals surface area contributed by atoms with E-state index in [4.69, 9.17) is 0 Å². The average Bonchev–Trinajstić information content (AvgIpc) is 2.86. The normalized spacial score (nSPS) is 18.3. The molecule has 1 rings (SSSR count). The molecule has 0 aromatic rings. The van der Waals surface area contributed by atoms with Gasteiger partial charge in [0, 0.05) is 6.04 Å². The lowest BCUT2D eigenvalue weighted by Crippen LogP contribution is -2.30. The molecule has 1 unspecified atom stereocenters. The maximum Gasteiger partial charge on any atom is 0.00695 e. The van der Waals surface area contributed by atoms with Gasteiger partial charge in [-0.15, -0.1) is 0 Å². The van der Waals surface area contributed by atoms with Crippen LogP contribution in [0.5, 0.6) is 0 Å². The van der Waals surface area contributed by atoms with E-state index in [0.717, 1.165) is 18.5 Å². The first-order valence-corrected chi connectivity index (χ1v) is 8.60. The minimum Gasteiger partial charge on any atom is -0.314 e. The van der Waals surface area contributed by atoms with Crippen LogP contribution in [0.1, 0.15) is 90.9 Å². The number of nitrogens with one attached hydrogen (secondary N) is 1. The van der Waals surface area contributed by atoms with Gasteiger partial charge in [-0.3, -0.25) is 0 Å². The third-order valence-corrected chi connectivity index (χ3v) is 4.49. The van der Waals surface area contributed by atoms with Crippen molar-refractivity contribution in [1.82, 2.24) is 5.32 Å². The zero-order valence-corrected chi connectivity index (χ0v) is 12.8. The Hall–Kier alpha value is -0.0400. The lowest BCUT2D eigenvalue weighted by Gasteiger charge is -2.21. The highest BCUT2D eigenvalue weighted by Gasteiger charge is 2.19. The van der Waals surface area contributed by atoms with Gasteiger partial charge in [-0.1, -0.05) is 78.1 Å². The van der Waals surface area contributed by atoms with Gasteiger partial charge in [-0.05, 0) is 25.3 Å². The van der Waals surface area contributed by atoms with E-state index in [1.54, 1.807) is 0 Å². The van der Waals surface area contributed by atoms with Gasteiger partial charge >= 0.3 is 0 Å². The monoisotopic (exact) mass is 253 g/mol. The molecule has 0 aliphatic heterocycles. The summed E-state index contributed by atoms with van der Waals surface area (Å²) in [5, 5.41) is 3.71. The zero-order chi connectivity index (χ0) is 13.1. The first-order chi connectivity index (χ1) is 8.86. The average molecular weight is 253 g/mol. The van der Waals surface area contributed by atoms with Gasteiger partial charge in [0.15, 0.2) is 0 Å². The fraction of sp³-hybridized carbons (Fsp3) is 1.00. The zero-order valence-electron chi connectivity index (χ0n) is 12.8. The molecule has 0 aromatic carbocycles. The first kappa shape index (κ1) is 16.0. The molecule has 1 atom stereocenters. The van der Waals surface area contributed by atoms with Crippen LogP contribution in [0.2, 0.25) is 0 Å².